The zero-order valence-electron chi connectivity index (χ0n) is 9.37. The molecule has 15 heavy (non-hydrogen) atoms. The second-order valence-corrected chi connectivity index (χ2v) is 4.88. The molecule has 1 rings (SSSR count). The van der Waals surface area contributed by atoms with Gasteiger partial charge in [0.2, 0.25) is 0 Å². The standard InChI is InChI=1S/C10H21N3OS/c1-14-5-4-12-10(11)13-7-9-3-2-6-15-8-9/h9H,2-8H2,1H3,(H3,11,12,13). The van der Waals surface area contributed by atoms with Crippen LogP contribution in [0.3, 0.4) is 0 Å². The molecule has 0 amide bonds. The lowest BCUT2D eigenvalue weighted by Crippen LogP contribution is -2.34. The van der Waals surface area contributed by atoms with E-state index in [-0.39, 0.29) is 0 Å². The van der Waals surface area contributed by atoms with Crippen LogP contribution in [0.4, 0.5) is 0 Å². The van der Waals surface area contributed by atoms with E-state index in [2.05, 4.69) is 10.3 Å². The summed E-state index contributed by atoms with van der Waals surface area (Å²) in [5.74, 6) is 3.80. The lowest BCUT2D eigenvalue weighted by molar-refractivity contribution is 0.204. The first-order valence-electron chi connectivity index (χ1n) is 5.43. The predicted octanol–water partition coefficient (Wildman–Crippen LogP) is 0.680. The highest BCUT2D eigenvalue weighted by molar-refractivity contribution is 7.99. The van der Waals surface area contributed by atoms with Crippen molar-refractivity contribution in [3.8, 4) is 0 Å². The largest absolute Gasteiger partial charge is 0.383 e. The molecule has 1 saturated heterocycles. The molecule has 1 atom stereocenters. The van der Waals surface area contributed by atoms with E-state index in [1.807, 2.05) is 11.8 Å². The van der Waals surface area contributed by atoms with Crippen LogP contribution in [0, 0.1) is 5.92 Å². The van der Waals surface area contributed by atoms with Gasteiger partial charge in [-0.05, 0) is 30.3 Å². The first kappa shape index (κ1) is 12.6. The predicted molar refractivity (Wildman–Crippen MR) is 66.4 cm³/mol. The molecule has 3 N–H and O–H groups in total. The topological polar surface area (TPSA) is 59.6 Å². The summed E-state index contributed by atoms with van der Waals surface area (Å²) in [5.41, 5.74) is 5.71. The Morgan fingerprint density at radius 2 is 2.53 bits per heavy atom. The number of nitrogens with zero attached hydrogens (tertiary/aromatic N) is 1. The molecule has 0 aromatic carbocycles. The Balaban J connectivity index is 2.11. The fourth-order valence-corrected chi connectivity index (χ4v) is 2.66. The zero-order valence-corrected chi connectivity index (χ0v) is 10.2. The quantitative estimate of drug-likeness (QED) is 0.415. The summed E-state index contributed by atoms with van der Waals surface area (Å²) in [6.07, 6.45) is 2.61. The van der Waals surface area contributed by atoms with Crippen LogP contribution in [0.5, 0.6) is 0 Å². The smallest absolute Gasteiger partial charge is 0.188 e. The molecule has 88 valence electrons. The average molecular weight is 231 g/mol. The van der Waals surface area contributed by atoms with Crippen LogP contribution in [0.25, 0.3) is 0 Å². The van der Waals surface area contributed by atoms with Crippen LogP contribution in [0.1, 0.15) is 12.8 Å². The maximum atomic E-state index is 5.71. The van der Waals surface area contributed by atoms with Crippen molar-refractivity contribution >= 4 is 17.7 Å². The molecule has 1 aliphatic rings. The molecule has 0 saturated carbocycles. The Labute approximate surface area is 96.0 Å². The number of methoxy groups -OCH3 is 1. The summed E-state index contributed by atoms with van der Waals surface area (Å²) in [6, 6.07) is 0. The number of rotatable bonds is 5. The molecule has 0 aromatic heterocycles. The first-order chi connectivity index (χ1) is 7.33. The van der Waals surface area contributed by atoms with Crippen LogP contribution >= 0.6 is 11.8 Å². The molecule has 0 radical (unpaired) electrons. The van der Waals surface area contributed by atoms with Crippen molar-refractivity contribution in [2.24, 2.45) is 16.6 Å². The first-order valence-corrected chi connectivity index (χ1v) is 6.59. The van der Waals surface area contributed by atoms with Gasteiger partial charge in [-0.15, -0.1) is 0 Å². The van der Waals surface area contributed by atoms with Crippen LogP contribution in [-0.2, 0) is 4.74 Å². The number of nitrogens with one attached hydrogen (secondary N) is 1. The third kappa shape index (κ3) is 5.89. The Bertz CT molecular complexity index is 193. The van der Waals surface area contributed by atoms with Crippen LogP contribution in [0.2, 0.25) is 0 Å². The Morgan fingerprint density at radius 3 is 3.20 bits per heavy atom. The van der Waals surface area contributed by atoms with Gasteiger partial charge in [0.15, 0.2) is 5.96 Å². The van der Waals surface area contributed by atoms with Gasteiger partial charge in [0, 0.05) is 20.2 Å². The van der Waals surface area contributed by atoms with Crippen molar-refractivity contribution in [1.82, 2.24) is 5.32 Å². The number of hydrogen-bond acceptors (Lipinski definition) is 3. The highest BCUT2D eigenvalue weighted by Gasteiger charge is 2.12. The molecule has 1 fully saturated rings. The van der Waals surface area contributed by atoms with E-state index in [9.17, 15) is 0 Å². The highest BCUT2D eigenvalue weighted by atomic mass is 32.2. The average Bonchev–Trinajstić information content (AvgIpc) is 2.28. The fraction of sp³-hybridized carbons (Fsp3) is 0.900. The molecule has 1 unspecified atom stereocenters. The Kier molecular flexibility index (Phi) is 6.59. The lowest BCUT2D eigenvalue weighted by Gasteiger charge is -2.19. The second-order valence-electron chi connectivity index (χ2n) is 3.73. The molecule has 1 heterocycles. The van der Waals surface area contributed by atoms with Gasteiger partial charge in [0.25, 0.3) is 0 Å². The van der Waals surface area contributed by atoms with E-state index in [1.165, 1.54) is 24.3 Å². The maximum Gasteiger partial charge on any atom is 0.188 e. The van der Waals surface area contributed by atoms with Crippen molar-refractivity contribution in [3.05, 3.63) is 0 Å². The summed E-state index contributed by atoms with van der Waals surface area (Å²) >= 11 is 2.03. The molecule has 0 bridgehead atoms. The van der Waals surface area contributed by atoms with Gasteiger partial charge < -0.3 is 15.8 Å². The van der Waals surface area contributed by atoms with E-state index >= 15 is 0 Å². The second kappa shape index (κ2) is 7.82. The lowest BCUT2D eigenvalue weighted by atomic mass is 10.1. The fourth-order valence-electron chi connectivity index (χ4n) is 1.52. The van der Waals surface area contributed by atoms with Crippen molar-refractivity contribution < 1.29 is 4.74 Å². The highest BCUT2D eigenvalue weighted by Crippen LogP contribution is 2.22. The summed E-state index contributed by atoms with van der Waals surface area (Å²) < 4.78 is 4.91. The minimum atomic E-state index is 0.544. The molecule has 0 aromatic rings. The van der Waals surface area contributed by atoms with Crippen molar-refractivity contribution in [1.29, 1.82) is 0 Å². The van der Waals surface area contributed by atoms with E-state index in [0.29, 0.717) is 18.5 Å². The van der Waals surface area contributed by atoms with Gasteiger partial charge in [-0.2, -0.15) is 11.8 Å². The summed E-state index contributed by atoms with van der Waals surface area (Å²) in [4.78, 5) is 4.33. The molecule has 4 nitrogen and oxygen atoms in total. The third-order valence-electron chi connectivity index (χ3n) is 2.39. The van der Waals surface area contributed by atoms with Crippen molar-refractivity contribution in [3.63, 3.8) is 0 Å². The van der Waals surface area contributed by atoms with Crippen LogP contribution in [0.15, 0.2) is 4.99 Å². The number of nitrogens with two attached hydrogens (primary N) is 1. The minimum Gasteiger partial charge on any atom is -0.383 e. The Morgan fingerprint density at radius 1 is 1.67 bits per heavy atom. The number of ether oxygens (including phenoxy) is 1. The number of aliphatic imine (C=N–C) groups is 1. The Hall–Kier alpha value is -0.420. The van der Waals surface area contributed by atoms with E-state index < -0.39 is 0 Å². The number of guanidine groups is 1. The van der Waals surface area contributed by atoms with E-state index in [0.717, 1.165) is 13.1 Å². The molecule has 5 heteroatoms. The van der Waals surface area contributed by atoms with Gasteiger partial charge in [-0.25, -0.2) is 0 Å². The van der Waals surface area contributed by atoms with Crippen molar-refractivity contribution in [2.45, 2.75) is 12.8 Å². The van der Waals surface area contributed by atoms with Crippen LogP contribution in [-0.4, -0.2) is 44.3 Å². The summed E-state index contributed by atoms with van der Waals surface area (Å²) in [5, 5.41) is 3.02. The van der Waals surface area contributed by atoms with Gasteiger partial charge >= 0.3 is 0 Å². The summed E-state index contributed by atoms with van der Waals surface area (Å²) in [7, 11) is 1.67. The molecular weight excluding hydrogens is 210 g/mol. The van der Waals surface area contributed by atoms with Gasteiger partial charge in [-0.3, -0.25) is 4.99 Å². The van der Waals surface area contributed by atoms with Gasteiger partial charge in [0.05, 0.1) is 6.61 Å². The normalized spacial score (nSPS) is 22.7. The zero-order chi connectivity index (χ0) is 10.9. The molecule has 1 aliphatic heterocycles. The maximum absolute atomic E-state index is 5.71. The monoisotopic (exact) mass is 231 g/mol. The SMILES string of the molecule is COCCNC(N)=NCC1CCCSC1. The molecular formula is C10H21N3OS. The van der Waals surface area contributed by atoms with Crippen molar-refractivity contribution in [2.75, 3.05) is 38.3 Å². The number of thioether (sulfide) groups is 1. The van der Waals surface area contributed by atoms with Gasteiger partial charge in [0.1, 0.15) is 0 Å². The summed E-state index contributed by atoms with van der Waals surface area (Å²) in [6.45, 7) is 2.25. The van der Waals surface area contributed by atoms with E-state index in [4.69, 9.17) is 10.5 Å². The third-order valence-corrected chi connectivity index (χ3v) is 3.67. The molecule has 0 aliphatic carbocycles. The van der Waals surface area contributed by atoms with Gasteiger partial charge in [-0.1, -0.05) is 0 Å². The number of hydrogen-bond donors (Lipinski definition) is 2. The van der Waals surface area contributed by atoms with E-state index in [1.54, 1.807) is 7.11 Å². The molecule has 0 spiro atoms. The van der Waals surface area contributed by atoms with Crippen LogP contribution < -0.4 is 11.1 Å². The minimum absolute atomic E-state index is 0.544.